The molecular formula is C15H15ClN2O2S. The minimum absolute atomic E-state index is 0.0630. The maximum Gasteiger partial charge on any atom is 0.281 e. The Labute approximate surface area is 129 Å². The van der Waals surface area contributed by atoms with Gasteiger partial charge in [-0.2, -0.15) is 8.42 Å². The summed E-state index contributed by atoms with van der Waals surface area (Å²) in [7, 11) is -3.62. The van der Waals surface area contributed by atoms with Gasteiger partial charge in [-0.3, -0.25) is 4.31 Å². The van der Waals surface area contributed by atoms with E-state index in [-0.39, 0.29) is 5.03 Å². The number of sulfonamides is 1. The van der Waals surface area contributed by atoms with E-state index in [9.17, 15) is 8.42 Å². The number of pyridine rings is 1. The minimum atomic E-state index is -3.62. The molecule has 110 valence electrons. The van der Waals surface area contributed by atoms with E-state index < -0.39 is 10.0 Å². The number of nitrogens with zero attached hydrogens (tertiary/aromatic N) is 2. The van der Waals surface area contributed by atoms with Crippen LogP contribution in [0.1, 0.15) is 17.5 Å². The Hall–Kier alpha value is -1.59. The molecule has 0 unspecified atom stereocenters. The van der Waals surface area contributed by atoms with Crippen molar-refractivity contribution in [3.05, 3.63) is 53.7 Å². The molecule has 0 saturated heterocycles. The van der Waals surface area contributed by atoms with Crippen molar-refractivity contribution in [1.82, 2.24) is 4.98 Å². The SMILES string of the molecule is O=S(=O)(c1ccc(CCl)cn1)N1CCCc2ccccc21. The number of benzene rings is 1. The van der Waals surface area contributed by atoms with Crippen LogP contribution in [0.25, 0.3) is 0 Å². The second-order valence-electron chi connectivity index (χ2n) is 4.95. The van der Waals surface area contributed by atoms with Gasteiger partial charge in [-0.1, -0.05) is 24.3 Å². The van der Waals surface area contributed by atoms with Crippen molar-refractivity contribution in [2.45, 2.75) is 23.7 Å². The van der Waals surface area contributed by atoms with E-state index in [1.807, 2.05) is 24.3 Å². The lowest BCUT2D eigenvalue weighted by Gasteiger charge is -2.30. The summed E-state index contributed by atoms with van der Waals surface area (Å²) in [6.45, 7) is 0.484. The number of aromatic nitrogens is 1. The molecule has 1 aliphatic rings. The van der Waals surface area contributed by atoms with Gasteiger partial charge in [0.25, 0.3) is 10.0 Å². The van der Waals surface area contributed by atoms with Crippen LogP contribution in [0, 0.1) is 0 Å². The zero-order valence-corrected chi connectivity index (χ0v) is 12.9. The maximum atomic E-state index is 12.8. The Morgan fingerprint density at radius 2 is 2.00 bits per heavy atom. The summed E-state index contributed by atoms with van der Waals surface area (Å²) >= 11 is 5.71. The van der Waals surface area contributed by atoms with Gasteiger partial charge in [0.2, 0.25) is 0 Å². The van der Waals surface area contributed by atoms with Crippen molar-refractivity contribution in [2.24, 2.45) is 0 Å². The van der Waals surface area contributed by atoms with Crippen LogP contribution in [-0.4, -0.2) is 19.9 Å². The average Bonchev–Trinajstić information content (AvgIpc) is 2.54. The van der Waals surface area contributed by atoms with Crippen LogP contribution in [0.5, 0.6) is 0 Å². The standard InChI is InChI=1S/C15H15ClN2O2S/c16-10-12-7-8-15(17-11-12)21(19,20)18-9-3-5-13-4-1-2-6-14(13)18/h1-2,4,6-8,11H,3,5,9-10H2. The molecule has 0 N–H and O–H groups in total. The highest BCUT2D eigenvalue weighted by atomic mass is 35.5. The maximum absolute atomic E-state index is 12.8. The van der Waals surface area contributed by atoms with Crippen LogP contribution in [0.3, 0.4) is 0 Å². The van der Waals surface area contributed by atoms with Gasteiger partial charge in [0.05, 0.1) is 5.69 Å². The van der Waals surface area contributed by atoms with Crippen molar-refractivity contribution in [3.63, 3.8) is 0 Å². The topological polar surface area (TPSA) is 50.3 Å². The van der Waals surface area contributed by atoms with E-state index in [1.165, 1.54) is 16.6 Å². The molecule has 0 aliphatic carbocycles. The molecule has 0 atom stereocenters. The molecule has 0 bridgehead atoms. The van der Waals surface area contributed by atoms with Gasteiger partial charge in [0.15, 0.2) is 5.03 Å². The minimum Gasteiger partial charge on any atom is -0.265 e. The van der Waals surface area contributed by atoms with Gasteiger partial charge in [-0.25, -0.2) is 4.98 Å². The monoisotopic (exact) mass is 322 g/mol. The number of fused-ring (bicyclic) bond motifs is 1. The van der Waals surface area contributed by atoms with E-state index in [0.29, 0.717) is 12.4 Å². The fraction of sp³-hybridized carbons (Fsp3) is 0.267. The van der Waals surface area contributed by atoms with Gasteiger partial charge in [-0.15, -0.1) is 11.6 Å². The first-order valence-electron chi connectivity index (χ1n) is 6.74. The fourth-order valence-corrected chi connectivity index (χ4v) is 4.12. The van der Waals surface area contributed by atoms with E-state index in [4.69, 9.17) is 11.6 Å². The van der Waals surface area contributed by atoms with Crippen molar-refractivity contribution >= 4 is 27.3 Å². The van der Waals surface area contributed by atoms with Crippen molar-refractivity contribution in [3.8, 4) is 0 Å². The molecule has 0 saturated carbocycles. The Morgan fingerprint density at radius 3 is 2.71 bits per heavy atom. The Bertz CT molecular complexity index is 745. The predicted octanol–water partition coefficient (Wildman–Crippen LogP) is 2.96. The number of halogens is 1. The summed E-state index contributed by atoms with van der Waals surface area (Å²) < 4.78 is 27.0. The summed E-state index contributed by atoms with van der Waals surface area (Å²) in [4.78, 5) is 4.06. The van der Waals surface area contributed by atoms with Crippen molar-refractivity contribution in [1.29, 1.82) is 0 Å². The Balaban J connectivity index is 2.02. The second kappa shape index (κ2) is 5.66. The third-order valence-electron chi connectivity index (χ3n) is 3.57. The van der Waals surface area contributed by atoms with Crippen LogP contribution >= 0.6 is 11.6 Å². The van der Waals surface area contributed by atoms with E-state index in [1.54, 1.807) is 6.07 Å². The van der Waals surface area contributed by atoms with Crippen LogP contribution in [0.4, 0.5) is 5.69 Å². The molecule has 0 fully saturated rings. The molecule has 6 heteroatoms. The smallest absolute Gasteiger partial charge is 0.265 e. The third-order valence-corrected chi connectivity index (χ3v) is 5.61. The molecule has 3 rings (SSSR count). The molecule has 2 heterocycles. The van der Waals surface area contributed by atoms with Crippen LogP contribution < -0.4 is 4.31 Å². The normalized spacial score (nSPS) is 14.8. The van der Waals surface area contributed by atoms with Crippen LogP contribution in [0.15, 0.2) is 47.6 Å². The van der Waals surface area contributed by atoms with Gasteiger partial charge in [0, 0.05) is 18.6 Å². The van der Waals surface area contributed by atoms with E-state index in [0.717, 1.165) is 29.7 Å². The number of alkyl halides is 1. The Morgan fingerprint density at radius 1 is 1.19 bits per heavy atom. The molecule has 1 aromatic carbocycles. The molecule has 0 spiro atoms. The molecule has 0 amide bonds. The second-order valence-corrected chi connectivity index (χ2v) is 7.02. The summed E-state index contributed by atoms with van der Waals surface area (Å²) in [6.07, 6.45) is 3.23. The summed E-state index contributed by atoms with van der Waals surface area (Å²) in [6, 6.07) is 10.8. The van der Waals surface area contributed by atoms with Crippen LogP contribution in [0.2, 0.25) is 0 Å². The van der Waals surface area contributed by atoms with Gasteiger partial charge >= 0.3 is 0 Å². The molecule has 1 aliphatic heterocycles. The quantitative estimate of drug-likeness (QED) is 0.816. The molecule has 21 heavy (non-hydrogen) atoms. The molecular weight excluding hydrogens is 308 g/mol. The van der Waals surface area contributed by atoms with Gasteiger partial charge < -0.3 is 0 Å². The van der Waals surface area contributed by atoms with E-state index >= 15 is 0 Å². The van der Waals surface area contributed by atoms with E-state index in [2.05, 4.69) is 4.98 Å². The first-order chi connectivity index (χ1) is 10.1. The van der Waals surface area contributed by atoms with Gasteiger partial charge in [0.1, 0.15) is 0 Å². The first-order valence-corrected chi connectivity index (χ1v) is 8.72. The third kappa shape index (κ3) is 2.63. The predicted molar refractivity (Wildman–Crippen MR) is 83.1 cm³/mol. The van der Waals surface area contributed by atoms with Crippen molar-refractivity contribution < 1.29 is 8.42 Å². The number of anilines is 1. The highest BCUT2D eigenvalue weighted by Crippen LogP contribution is 2.31. The lowest BCUT2D eigenvalue weighted by Crippen LogP contribution is -2.35. The largest absolute Gasteiger partial charge is 0.281 e. The number of para-hydroxylation sites is 1. The lowest BCUT2D eigenvalue weighted by molar-refractivity contribution is 0.583. The average molecular weight is 323 g/mol. The molecule has 2 aromatic rings. The zero-order chi connectivity index (χ0) is 14.9. The molecule has 4 nitrogen and oxygen atoms in total. The fourth-order valence-electron chi connectivity index (χ4n) is 2.50. The number of hydrogen-bond donors (Lipinski definition) is 0. The highest BCUT2D eigenvalue weighted by Gasteiger charge is 2.29. The summed E-state index contributed by atoms with van der Waals surface area (Å²) in [5.74, 6) is 0.319. The number of aryl methyl sites for hydroxylation is 1. The summed E-state index contributed by atoms with van der Waals surface area (Å²) in [5.41, 5.74) is 2.62. The number of rotatable bonds is 3. The Kier molecular flexibility index (Phi) is 3.87. The highest BCUT2D eigenvalue weighted by molar-refractivity contribution is 7.92. The zero-order valence-electron chi connectivity index (χ0n) is 11.4. The summed E-state index contributed by atoms with van der Waals surface area (Å²) in [5, 5.41) is 0.0630. The lowest BCUT2D eigenvalue weighted by atomic mass is 10.0. The number of hydrogen-bond acceptors (Lipinski definition) is 3. The molecule has 0 radical (unpaired) electrons. The molecule has 1 aromatic heterocycles. The van der Waals surface area contributed by atoms with Crippen LogP contribution in [-0.2, 0) is 22.3 Å². The van der Waals surface area contributed by atoms with Gasteiger partial charge in [-0.05, 0) is 36.1 Å². The van der Waals surface area contributed by atoms with Crippen molar-refractivity contribution in [2.75, 3.05) is 10.8 Å². The first kappa shape index (κ1) is 14.4.